The molecule has 1 unspecified atom stereocenters. The highest BCUT2D eigenvalue weighted by Gasteiger charge is 2.35. The van der Waals surface area contributed by atoms with E-state index >= 15 is 0 Å². The summed E-state index contributed by atoms with van der Waals surface area (Å²) in [5.74, 6) is 0. The number of aliphatic hydroxyl groups excluding tert-OH is 2. The summed E-state index contributed by atoms with van der Waals surface area (Å²) >= 11 is 0. The van der Waals surface area contributed by atoms with Crippen molar-refractivity contribution >= 4 is 0 Å². The number of benzene rings is 1. The summed E-state index contributed by atoms with van der Waals surface area (Å²) in [5.41, 5.74) is -0.0606. The number of nitrogens with zero attached hydrogens (tertiary/aromatic N) is 2. The Kier molecular flexibility index (Phi) is 4.66. The highest BCUT2D eigenvalue weighted by Crippen LogP contribution is 2.27. The Balaban J connectivity index is 2.01. The van der Waals surface area contributed by atoms with Crippen LogP contribution in [-0.4, -0.2) is 38.2 Å². The fourth-order valence-electron chi connectivity index (χ4n) is 3.01. The topological polar surface area (TPSA) is 93.7 Å². The molecule has 7 nitrogen and oxygen atoms in total. The lowest BCUT2D eigenvalue weighted by molar-refractivity contribution is -0.0463. The van der Waals surface area contributed by atoms with Gasteiger partial charge in [0.05, 0.1) is 18.8 Å². The second kappa shape index (κ2) is 6.72. The monoisotopic (exact) mass is 332 g/mol. The molecule has 7 heteroatoms. The summed E-state index contributed by atoms with van der Waals surface area (Å²) < 4.78 is 7.97. The Labute approximate surface area is 138 Å². The van der Waals surface area contributed by atoms with Crippen LogP contribution in [0.2, 0.25) is 0 Å². The third-order valence-electron chi connectivity index (χ3n) is 4.41. The number of rotatable bonds is 4. The Morgan fingerprint density at radius 1 is 1.25 bits per heavy atom. The molecule has 2 N–H and O–H groups in total. The van der Waals surface area contributed by atoms with Gasteiger partial charge in [-0.1, -0.05) is 30.3 Å². The van der Waals surface area contributed by atoms with E-state index in [1.807, 2.05) is 30.3 Å². The van der Waals surface area contributed by atoms with E-state index in [1.54, 1.807) is 6.92 Å². The molecule has 0 aliphatic carbocycles. The van der Waals surface area contributed by atoms with Crippen molar-refractivity contribution in [2.75, 3.05) is 6.61 Å². The Bertz CT molecular complexity index is 814. The van der Waals surface area contributed by atoms with Crippen molar-refractivity contribution in [1.29, 1.82) is 0 Å². The second-order valence-corrected chi connectivity index (χ2v) is 5.92. The smallest absolute Gasteiger partial charge is 0.333 e. The first-order valence-corrected chi connectivity index (χ1v) is 7.86. The first-order chi connectivity index (χ1) is 11.5. The van der Waals surface area contributed by atoms with Gasteiger partial charge in [0, 0.05) is 18.7 Å². The van der Waals surface area contributed by atoms with Crippen LogP contribution in [0.15, 0.2) is 52.2 Å². The predicted octanol–water partition coefficient (Wildman–Crippen LogP) is 0.260. The maximum Gasteiger partial charge on any atom is 0.333 e. The molecule has 1 saturated heterocycles. The molecular weight excluding hydrogens is 312 g/mol. The van der Waals surface area contributed by atoms with Crippen LogP contribution in [0.1, 0.15) is 31.2 Å². The average molecular weight is 332 g/mol. The van der Waals surface area contributed by atoms with Crippen molar-refractivity contribution < 1.29 is 14.9 Å². The van der Waals surface area contributed by atoms with E-state index in [9.17, 15) is 19.8 Å². The molecule has 1 aromatic carbocycles. The molecule has 2 heterocycles. The highest BCUT2D eigenvalue weighted by molar-refractivity contribution is 5.19. The molecule has 1 aliphatic rings. The molecule has 128 valence electrons. The molecule has 24 heavy (non-hydrogen) atoms. The lowest BCUT2D eigenvalue weighted by Crippen LogP contribution is -2.42. The number of hydrogen-bond acceptors (Lipinski definition) is 5. The van der Waals surface area contributed by atoms with Crippen LogP contribution in [0, 0.1) is 0 Å². The quantitative estimate of drug-likeness (QED) is 0.838. The van der Waals surface area contributed by atoms with Crippen molar-refractivity contribution in [3.8, 4) is 0 Å². The van der Waals surface area contributed by atoms with Gasteiger partial charge in [-0.3, -0.25) is 13.9 Å². The van der Waals surface area contributed by atoms with Gasteiger partial charge < -0.3 is 14.9 Å². The lowest BCUT2D eigenvalue weighted by Gasteiger charge is -2.19. The maximum absolute atomic E-state index is 12.8. The van der Waals surface area contributed by atoms with E-state index in [4.69, 9.17) is 4.74 Å². The molecule has 0 saturated carbocycles. The molecular formula is C17H20N2O5. The Morgan fingerprint density at radius 3 is 2.58 bits per heavy atom. The third-order valence-corrected chi connectivity index (χ3v) is 4.41. The van der Waals surface area contributed by atoms with Crippen LogP contribution in [0.4, 0.5) is 0 Å². The summed E-state index contributed by atoms with van der Waals surface area (Å²) in [6.45, 7) is 1.45. The zero-order valence-electron chi connectivity index (χ0n) is 13.3. The SMILES string of the molecule is CC(c1ccccc1)n1c(=O)ccn([C@H]2C[C@H](O)[C@@H](CO)O2)c1=O. The van der Waals surface area contributed by atoms with Gasteiger partial charge in [0.2, 0.25) is 0 Å². The van der Waals surface area contributed by atoms with E-state index in [1.165, 1.54) is 16.8 Å². The summed E-state index contributed by atoms with van der Waals surface area (Å²) in [6, 6.07) is 10.1. The fraction of sp³-hybridized carbons (Fsp3) is 0.412. The molecule has 1 fully saturated rings. The van der Waals surface area contributed by atoms with Crippen molar-refractivity contribution in [3.63, 3.8) is 0 Å². The van der Waals surface area contributed by atoms with Gasteiger partial charge in [0.1, 0.15) is 12.3 Å². The molecule has 0 radical (unpaired) electrons. The standard InChI is InChI=1S/C17H20N2O5/c1-11(12-5-3-2-4-6-12)19-15(22)7-8-18(17(19)23)16-9-13(21)14(10-20)24-16/h2-8,11,13-14,16,20-21H,9-10H2,1H3/t11?,13-,14+,16+/m0/s1. The van der Waals surface area contributed by atoms with Crippen LogP contribution in [0.3, 0.4) is 0 Å². The lowest BCUT2D eigenvalue weighted by atomic mass is 10.1. The molecule has 3 rings (SSSR count). The molecule has 0 bridgehead atoms. The van der Waals surface area contributed by atoms with Gasteiger partial charge in [-0.15, -0.1) is 0 Å². The highest BCUT2D eigenvalue weighted by atomic mass is 16.5. The minimum Gasteiger partial charge on any atom is -0.394 e. The van der Waals surface area contributed by atoms with Crippen molar-refractivity contribution in [3.05, 3.63) is 69.0 Å². The van der Waals surface area contributed by atoms with Crippen molar-refractivity contribution in [2.24, 2.45) is 0 Å². The largest absolute Gasteiger partial charge is 0.394 e. The van der Waals surface area contributed by atoms with Crippen molar-refractivity contribution in [2.45, 2.75) is 37.8 Å². The van der Waals surface area contributed by atoms with E-state index in [2.05, 4.69) is 0 Å². The average Bonchev–Trinajstić information content (AvgIpc) is 2.96. The zero-order valence-corrected chi connectivity index (χ0v) is 13.3. The summed E-state index contributed by atoms with van der Waals surface area (Å²) in [6.07, 6.45) is -0.730. The molecule has 1 aliphatic heterocycles. The van der Waals surface area contributed by atoms with Gasteiger partial charge >= 0.3 is 5.69 Å². The number of aliphatic hydroxyl groups is 2. The summed E-state index contributed by atoms with van der Waals surface area (Å²) in [7, 11) is 0. The maximum atomic E-state index is 12.8. The molecule has 0 spiro atoms. The van der Waals surface area contributed by atoms with Crippen LogP contribution in [0.25, 0.3) is 0 Å². The predicted molar refractivity (Wildman–Crippen MR) is 86.8 cm³/mol. The first kappa shape index (κ1) is 16.6. The van der Waals surface area contributed by atoms with E-state index in [0.29, 0.717) is 0 Å². The molecule has 0 amide bonds. The Morgan fingerprint density at radius 2 is 1.96 bits per heavy atom. The normalized spacial score (nSPS) is 24.9. The van der Waals surface area contributed by atoms with Gasteiger partial charge in [-0.25, -0.2) is 4.79 Å². The molecule has 1 aromatic heterocycles. The fourth-order valence-corrected chi connectivity index (χ4v) is 3.01. The molecule has 4 atom stereocenters. The van der Waals surface area contributed by atoms with E-state index in [-0.39, 0.29) is 13.0 Å². The summed E-state index contributed by atoms with van der Waals surface area (Å²) in [4.78, 5) is 25.0. The molecule has 2 aromatic rings. The summed E-state index contributed by atoms with van der Waals surface area (Å²) in [5, 5.41) is 19.0. The van der Waals surface area contributed by atoms with Crippen LogP contribution in [-0.2, 0) is 4.74 Å². The first-order valence-electron chi connectivity index (χ1n) is 7.86. The van der Waals surface area contributed by atoms with Crippen molar-refractivity contribution in [1.82, 2.24) is 9.13 Å². The third kappa shape index (κ3) is 2.93. The number of ether oxygens (including phenoxy) is 1. The Hall–Kier alpha value is -2.22. The number of aromatic nitrogens is 2. The van der Waals surface area contributed by atoms with Crippen LogP contribution < -0.4 is 11.2 Å². The van der Waals surface area contributed by atoms with Crippen LogP contribution in [0.5, 0.6) is 0 Å². The van der Waals surface area contributed by atoms with Gasteiger partial charge in [0.25, 0.3) is 5.56 Å². The van der Waals surface area contributed by atoms with Gasteiger partial charge in [-0.2, -0.15) is 0 Å². The zero-order chi connectivity index (χ0) is 17.3. The minimum atomic E-state index is -0.848. The van der Waals surface area contributed by atoms with Gasteiger partial charge in [0.15, 0.2) is 0 Å². The van der Waals surface area contributed by atoms with E-state index < -0.39 is 35.7 Å². The van der Waals surface area contributed by atoms with Crippen LogP contribution >= 0.6 is 0 Å². The second-order valence-electron chi connectivity index (χ2n) is 5.92. The van der Waals surface area contributed by atoms with Gasteiger partial charge in [-0.05, 0) is 12.5 Å². The minimum absolute atomic E-state index is 0.184. The number of hydrogen-bond donors (Lipinski definition) is 2. The van der Waals surface area contributed by atoms with E-state index in [0.717, 1.165) is 10.1 Å².